The second-order valence-electron chi connectivity index (χ2n) is 5.24. The van der Waals surface area contributed by atoms with Gasteiger partial charge in [-0.05, 0) is 36.8 Å². The number of rotatable bonds is 4. The zero-order valence-electron chi connectivity index (χ0n) is 14.8. The monoisotopic (exact) mass is 457 g/mol. The molecule has 1 aromatic carbocycles. The normalized spacial score (nSPS) is 10.0. The number of halogens is 2. The molecule has 146 valence electrons. The van der Waals surface area contributed by atoms with Gasteiger partial charge in [0.05, 0.1) is 30.4 Å². The van der Waals surface area contributed by atoms with Crippen molar-refractivity contribution in [3.8, 4) is 11.8 Å². The molecular formula is C17H13Cl2N3O4S2. The van der Waals surface area contributed by atoms with E-state index in [4.69, 9.17) is 44.9 Å². The first-order chi connectivity index (χ1) is 13.2. The minimum absolute atomic E-state index is 0.0854. The molecule has 0 aliphatic carbocycles. The van der Waals surface area contributed by atoms with E-state index in [0.717, 1.165) is 11.3 Å². The Morgan fingerprint density at radius 1 is 1.29 bits per heavy atom. The number of esters is 1. The molecule has 0 unspecified atom stereocenters. The number of amides is 1. The van der Waals surface area contributed by atoms with Crippen LogP contribution in [-0.4, -0.2) is 31.2 Å². The Morgan fingerprint density at radius 2 is 1.96 bits per heavy atom. The van der Waals surface area contributed by atoms with Gasteiger partial charge in [0.1, 0.15) is 21.7 Å². The van der Waals surface area contributed by atoms with Gasteiger partial charge in [0.2, 0.25) is 0 Å². The first-order valence-corrected chi connectivity index (χ1v) is 9.48. The average Bonchev–Trinajstić information content (AvgIpc) is 2.95. The standard InChI is InChI=1S/C17H13Cl2N3O4S2/c1-7-10(6-20)15(28-13(7)16(24)26-3)22-17(27)21-14(23)9-4-8(18)5-11(19)12(9)25-2/h4-5H,1-3H3,(H2,21,22,23,27). The summed E-state index contributed by atoms with van der Waals surface area (Å²) in [5.74, 6) is -1.04. The van der Waals surface area contributed by atoms with Crippen molar-refractivity contribution in [2.24, 2.45) is 0 Å². The van der Waals surface area contributed by atoms with Gasteiger partial charge in [0.25, 0.3) is 5.91 Å². The molecule has 1 amide bonds. The fourth-order valence-corrected chi connectivity index (χ4v) is 4.17. The number of benzene rings is 1. The van der Waals surface area contributed by atoms with Gasteiger partial charge in [-0.15, -0.1) is 11.3 Å². The molecule has 0 saturated heterocycles. The molecule has 0 saturated carbocycles. The van der Waals surface area contributed by atoms with Crippen molar-refractivity contribution >= 4 is 68.7 Å². The van der Waals surface area contributed by atoms with Crippen LogP contribution in [-0.2, 0) is 4.74 Å². The van der Waals surface area contributed by atoms with Crippen molar-refractivity contribution in [1.29, 1.82) is 5.26 Å². The van der Waals surface area contributed by atoms with E-state index < -0.39 is 11.9 Å². The summed E-state index contributed by atoms with van der Waals surface area (Å²) < 4.78 is 9.84. The third-order valence-electron chi connectivity index (χ3n) is 3.54. The minimum atomic E-state index is -0.612. The summed E-state index contributed by atoms with van der Waals surface area (Å²) in [5, 5.41) is 15.2. The lowest BCUT2D eigenvalue weighted by molar-refractivity contribution is 0.0605. The lowest BCUT2D eigenvalue weighted by Gasteiger charge is -2.12. The van der Waals surface area contributed by atoms with Gasteiger partial charge in [-0.1, -0.05) is 23.2 Å². The number of hydrogen-bond acceptors (Lipinski definition) is 7. The van der Waals surface area contributed by atoms with Gasteiger partial charge >= 0.3 is 5.97 Å². The average molecular weight is 458 g/mol. The summed E-state index contributed by atoms with van der Waals surface area (Å²) in [5.41, 5.74) is 0.770. The summed E-state index contributed by atoms with van der Waals surface area (Å²) in [7, 11) is 2.61. The lowest BCUT2D eigenvalue weighted by atomic mass is 10.2. The Balaban J connectivity index is 2.25. The topological polar surface area (TPSA) is 100 Å². The molecule has 0 radical (unpaired) electrons. The van der Waals surface area contributed by atoms with E-state index in [0.29, 0.717) is 10.6 Å². The molecule has 0 aliphatic rings. The van der Waals surface area contributed by atoms with Crippen LogP contribution in [0.15, 0.2) is 12.1 Å². The molecule has 7 nitrogen and oxygen atoms in total. The van der Waals surface area contributed by atoms with Gasteiger partial charge in [0, 0.05) is 5.02 Å². The van der Waals surface area contributed by atoms with Gasteiger partial charge in [-0.2, -0.15) is 5.26 Å². The Kier molecular flexibility index (Phi) is 7.21. The fraction of sp³-hybridized carbons (Fsp3) is 0.176. The SMILES string of the molecule is COC(=O)c1sc(NC(=S)NC(=O)c2cc(Cl)cc(Cl)c2OC)c(C#N)c1C. The number of nitriles is 1. The van der Waals surface area contributed by atoms with Crippen LogP contribution in [0.25, 0.3) is 0 Å². The number of ether oxygens (including phenoxy) is 2. The van der Waals surface area contributed by atoms with Crippen molar-refractivity contribution in [3.63, 3.8) is 0 Å². The molecule has 2 N–H and O–H groups in total. The summed E-state index contributed by atoms with van der Waals surface area (Å²) >= 11 is 18.1. The summed E-state index contributed by atoms with van der Waals surface area (Å²) in [6.45, 7) is 1.62. The van der Waals surface area contributed by atoms with E-state index in [1.165, 1.54) is 26.4 Å². The quantitative estimate of drug-likeness (QED) is 0.524. The van der Waals surface area contributed by atoms with Crippen LogP contribution < -0.4 is 15.4 Å². The van der Waals surface area contributed by atoms with Gasteiger partial charge in [-0.25, -0.2) is 4.79 Å². The van der Waals surface area contributed by atoms with E-state index in [1.54, 1.807) is 6.92 Å². The van der Waals surface area contributed by atoms with E-state index in [2.05, 4.69) is 10.6 Å². The predicted octanol–water partition coefficient (Wildman–Crippen LogP) is 4.16. The van der Waals surface area contributed by atoms with Crippen LogP contribution in [0, 0.1) is 18.3 Å². The predicted molar refractivity (Wildman–Crippen MR) is 112 cm³/mol. The molecule has 11 heteroatoms. The van der Waals surface area contributed by atoms with Crippen molar-refractivity contribution in [1.82, 2.24) is 5.32 Å². The van der Waals surface area contributed by atoms with Crippen LogP contribution in [0.1, 0.15) is 31.2 Å². The maximum atomic E-state index is 12.5. The maximum Gasteiger partial charge on any atom is 0.348 e. The van der Waals surface area contributed by atoms with Crippen molar-refractivity contribution < 1.29 is 19.1 Å². The molecule has 2 rings (SSSR count). The van der Waals surface area contributed by atoms with Crippen LogP contribution in [0.4, 0.5) is 5.00 Å². The molecule has 2 aromatic rings. The highest BCUT2D eigenvalue weighted by molar-refractivity contribution is 7.80. The van der Waals surface area contributed by atoms with Crippen molar-refractivity contribution in [2.75, 3.05) is 19.5 Å². The smallest absolute Gasteiger partial charge is 0.348 e. The highest BCUT2D eigenvalue weighted by atomic mass is 35.5. The van der Waals surface area contributed by atoms with Gasteiger partial charge < -0.3 is 14.8 Å². The molecule has 0 bridgehead atoms. The fourth-order valence-electron chi connectivity index (χ4n) is 2.26. The summed E-state index contributed by atoms with van der Waals surface area (Å²) in [6.07, 6.45) is 0. The number of nitrogens with one attached hydrogen (secondary N) is 2. The van der Waals surface area contributed by atoms with Crippen LogP contribution in [0.3, 0.4) is 0 Å². The summed E-state index contributed by atoms with van der Waals surface area (Å²) in [4.78, 5) is 24.6. The molecule has 1 heterocycles. The Labute approximate surface area is 180 Å². The molecule has 28 heavy (non-hydrogen) atoms. The van der Waals surface area contributed by atoms with Gasteiger partial charge in [0.15, 0.2) is 5.11 Å². The number of methoxy groups -OCH3 is 2. The highest BCUT2D eigenvalue weighted by Crippen LogP contribution is 2.34. The number of thiocarbonyl (C=S) groups is 1. The van der Waals surface area contributed by atoms with E-state index in [-0.39, 0.29) is 36.9 Å². The Hall–Kier alpha value is -2.38. The second-order valence-corrected chi connectivity index (χ2v) is 7.51. The Morgan fingerprint density at radius 3 is 2.54 bits per heavy atom. The van der Waals surface area contributed by atoms with Crippen LogP contribution >= 0.6 is 46.8 Å². The number of carbonyl (C=O) groups is 2. The molecule has 0 atom stereocenters. The summed E-state index contributed by atoms with van der Waals surface area (Å²) in [6, 6.07) is 4.83. The number of hydrogen-bond donors (Lipinski definition) is 2. The zero-order valence-corrected chi connectivity index (χ0v) is 18.0. The van der Waals surface area contributed by atoms with E-state index in [9.17, 15) is 14.9 Å². The van der Waals surface area contributed by atoms with E-state index >= 15 is 0 Å². The minimum Gasteiger partial charge on any atom is -0.494 e. The number of nitrogens with zero attached hydrogens (tertiary/aromatic N) is 1. The van der Waals surface area contributed by atoms with E-state index in [1.807, 2.05) is 6.07 Å². The molecular weight excluding hydrogens is 445 g/mol. The van der Waals surface area contributed by atoms with Crippen LogP contribution in [0.5, 0.6) is 5.75 Å². The first-order valence-electron chi connectivity index (χ1n) is 7.50. The van der Waals surface area contributed by atoms with Crippen molar-refractivity contribution in [3.05, 3.63) is 43.7 Å². The third-order valence-corrected chi connectivity index (χ3v) is 5.43. The van der Waals surface area contributed by atoms with Crippen LogP contribution in [0.2, 0.25) is 10.0 Å². The Bertz CT molecular complexity index is 1010. The second kappa shape index (κ2) is 9.21. The first kappa shape index (κ1) is 21.9. The maximum absolute atomic E-state index is 12.5. The largest absolute Gasteiger partial charge is 0.494 e. The van der Waals surface area contributed by atoms with Gasteiger partial charge in [-0.3, -0.25) is 10.1 Å². The number of thiophene rings is 1. The zero-order chi connectivity index (χ0) is 21.0. The third kappa shape index (κ3) is 4.54. The number of carbonyl (C=O) groups excluding carboxylic acids is 2. The lowest BCUT2D eigenvalue weighted by Crippen LogP contribution is -2.34. The molecule has 0 aliphatic heterocycles. The molecule has 0 spiro atoms. The molecule has 1 aromatic heterocycles. The number of anilines is 1. The highest BCUT2D eigenvalue weighted by Gasteiger charge is 2.22. The van der Waals surface area contributed by atoms with Crippen molar-refractivity contribution in [2.45, 2.75) is 6.92 Å². The molecule has 0 fully saturated rings.